The molecular formula is C12H11F2N3O3. The quantitative estimate of drug-likeness (QED) is 0.707. The van der Waals surface area contributed by atoms with Gasteiger partial charge in [-0.3, -0.25) is 10.1 Å². The number of carbonyl (C=O) groups excluding carboxylic acids is 1. The SMILES string of the molecule is O=CNC1=NCC2=C(/C=C3\CCC(=C2)OC(F)(F)O3)N1. The van der Waals surface area contributed by atoms with Gasteiger partial charge in [-0.15, -0.1) is 8.78 Å². The summed E-state index contributed by atoms with van der Waals surface area (Å²) in [4.78, 5) is 14.5. The second kappa shape index (κ2) is 4.62. The van der Waals surface area contributed by atoms with Crippen molar-refractivity contribution in [3.05, 3.63) is 34.9 Å². The van der Waals surface area contributed by atoms with Crippen molar-refractivity contribution in [1.82, 2.24) is 10.6 Å². The van der Waals surface area contributed by atoms with Gasteiger partial charge < -0.3 is 14.8 Å². The Morgan fingerprint density at radius 2 is 2.00 bits per heavy atom. The van der Waals surface area contributed by atoms with Gasteiger partial charge in [0.1, 0.15) is 11.5 Å². The zero-order chi connectivity index (χ0) is 14.2. The fourth-order valence-corrected chi connectivity index (χ4v) is 2.12. The summed E-state index contributed by atoms with van der Waals surface area (Å²) in [5.41, 5.74) is 1.24. The Balaban J connectivity index is 1.96. The average molecular weight is 283 g/mol. The molecule has 2 aliphatic heterocycles. The Morgan fingerprint density at radius 1 is 1.30 bits per heavy atom. The predicted octanol–water partition coefficient (Wildman–Crippen LogP) is 1.10. The van der Waals surface area contributed by atoms with E-state index in [2.05, 4.69) is 25.1 Å². The van der Waals surface area contributed by atoms with Crippen LogP contribution in [0.4, 0.5) is 8.78 Å². The third-order valence-electron chi connectivity index (χ3n) is 2.96. The Kier molecular flexibility index (Phi) is 2.92. The fraction of sp³-hybridized carbons (Fsp3) is 0.333. The third-order valence-corrected chi connectivity index (χ3v) is 2.96. The number of allylic oxidation sites excluding steroid dienone is 3. The molecule has 2 N–H and O–H groups in total. The average Bonchev–Trinajstić information content (AvgIpc) is 2.46. The number of amides is 1. The number of fused-ring (bicyclic) bond motifs is 3. The lowest BCUT2D eigenvalue weighted by Crippen LogP contribution is -2.38. The zero-order valence-electron chi connectivity index (χ0n) is 10.3. The molecule has 0 aromatic heterocycles. The molecule has 0 radical (unpaired) electrons. The van der Waals surface area contributed by atoms with E-state index in [1.54, 1.807) is 0 Å². The highest BCUT2D eigenvalue weighted by molar-refractivity contribution is 5.91. The van der Waals surface area contributed by atoms with Gasteiger partial charge in [0, 0.05) is 30.2 Å². The van der Waals surface area contributed by atoms with E-state index < -0.39 is 6.29 Å². The van der Waals surface area contributed by atoms with Crippen LogP contribution >= 0.6 is 0 Å². The van der Waals surface area contributed by atoms with Gasteiger partial charge in [0.05, 0.1) is 6.54 Å². The number of rotatable bonds is 1. The summed E-state index contributed by atoms with van der Waals surface area (Å²) in [7, 11) is 0. The maximum atomic E-state index is 13.4. The number of hydrogen-bond acceptors (Lipinski definition) is 5. The van der Waals surface area contributed by atoms with Crippen LogP contribution in [0.1, 0.15) is 12.8 Å². The van der Waals surface area contributed by atoms with Gasteiger partial charge in [0.25, 0.3) is 0 Å². The summed E-state index contributed by atoms with van der Waals surface area (Å²) in [5, 5.41) is 5.23. The highest BCUT2D eigenvalue weighted by Crippen LogP contribution is 2.35. The molecule has 3 aliphatic rings. The first-order valence-electron chi connectivity index (χ1n) is 5.97. The minimum atomic E-state index is -3.67. The van der Waals surface area contributed by atoms with Crippen molar-refractivity contribution in [3.63, 3.8) is 0 Å². The number of nitrogens with zero attached hydrogens (tertiary/aromatic N) is 1. The lowest BCUT2D eigenvalue weighted by atomic mass is 10.1. The standard InChI is InChI=1S/C12H11F2N3O3/c13-12(14)19-8-1-2-9(20-12)4-10-7(3-8)5-15-11(17-10)16-6-18/h3-4,6H,1-2,5H2,(H2,15,16,17,18)/b8-3?,9-4+. The lowest BCUT2D eigenvalue weighted by Gasteiger charge is -2.19. The summed E-state index contributed by atoms with van der Waals surface area (Å²) >= 11 is 0. The molecule has 1 saturated heterocycles. The number of ether oxygens (including phenoxy) is 2. The molecule has 2 bridgehead atoms. The molecular weight excluding hydrogens is 272 g/mol. The molecule has 106 valence electrons. The number of guanidine groups is 1. The van der Waals surface area contributed by atoms with Crippen molar-refractivity contribution >= 4 is 12.4 Å². The van der Waals surface area contributed by atoms with Gasteiger partial charge >= 0.3 is 6.29 Å². The van der Waals surface area contributed by atoms with Gasteiger partial charge in [-0.2, -0.15) is 0 Å². The highest BCUT2D eigenvalue weighted by atomic mass is 19.3. The summed E-state index contributed by atoms with van der Waals surface area (Å²) in [5.74, 6) is 0.525. The first-order valence-corrected chi connectivity index (χ1v) is 5.97. The predicted molar refractivity (Wildman–Crippen MR) is 64.2 cm³/mol. The van der Waals surface area contributed by atoms with Crippen LogP contribution in [0.25, 0.3) is 0 Å². The molecule has 20 heavy (non-hydrogen) atoms. The lowest BCUT2D eigenvalue weighted by molar-refractivity contribution is -0.358. The third kappa shape index (κ3) is 2.49. The molecule has 0 spiro atoms. The maximum absolute atomic E-state index is 13.4. The number of alkyl halides is 2. The molecule has 0 unspecified atom stereocenters. The van der Waals surface area contributed by atoms with Gasteiger partial charge in [-0.25, -0.2) is 4.99 Å². The topological polar surface area (TPSA) is 72.0 Å². The van der Waals surface area contributed by atoms with Crippen molar-refractivity contribution in [2.45, 2.75) is 19.1 Å². The first-order chi connectivity index (χ1) is 9.55. The number of nitrogens with one attached hydrogen (secondary N) is 2. The van der Waals surface area contributed by atoms with Crippen LogP contribution in [0.5, 0.6) is 0 Å². The van der Waals surface area contributed by atoms with Crippen molar-refractivity contribution in [1.29, 1.82) is 0 Å². The molecule has 1 amide bonds. The second-order valence-electron chi connectivity index (χ2n) is 4.38. The van der Waals surface area contributed by atoms with Gasteiger partial charge in [0.15, 0.2) is 0 Å². The smallest absolute Gasteiger partial charge is 0.404 e. The van der Waals surface area contributed by atoms with Crippen molar-refractivity contribution < 1.29 is 23.0 Å². The Bertz CT molecular complexity index is 578. The summed E-state index contributed by atoms with van der Waals surface area (Å²) in [6, 6.07) is 0. The number of carbonyl (C=O) groups is 1. The summed E-state index contributed by atoms with van der Waals surface area (Å²) < 4.78 is 35.9. The van der Waals surface area contributed by atoms with Crippen molar-refractivity contribution in [3.8, 4) is 0 Å². The molecule has 0 saturated carbocycles. The Labute approximate surface area is 112 Å². The van der Waals surface area contributed by atoms with E-state index in [0.717, 1.165) is 0 Å². The molecule has 0 aromatic rings. The van der Waals surface area contributed by atoms with Crippen LogP contribution in [0.3, 0.4) is 0 Å². The van der Waals surface area contributed by atoms with Crippen LogP contribution in [0.2, 0.25) is 0 Å². The molecule has 3 rings (SSSR count). The highest BCUT2D eigenvalue weighted by Gasteiger charge is 2.40. The Morgan fingerprint density at radius 3 is 2.70 bits per heavy atom. The van der Waals surface area contributed by atoms with Crippen LogP contribution in [0.15, 0.2) is 39.9 Å². The van der Waals surface area contributed by atoms with Crippen LogP contribution in [-0.2, 0) is 14.3 Å². The largest absolute Gasteiger partial charge is 0.585 e. The van der Waals surface area contributed by atoms with Crippen LogP contribution in [0, 0.1) is 0 Å². The Hall–Kier alpha value is -2.38. The number of halogens is 2. The first kappa shape index (κ1) is 12.6. The zero-order valence-corrected chi connectivity index (χ0v) is 10.3. The van der Waals surface area contributed by atoms with E-state index in [4.69, 9.17) is 0 Å². The summed E-state index contributed by atoms with van der Waals surface area (Å²) in [6.07, 6.45) is 0.464. The van der Waals surface area contributed by atoms with E-state index in [1.807, 2.05) is 0 Å². The van der Waals surface area contributed by atoms with Crippen LogP contribution in [-0.4, -0.2) is 25.2 Å². The minimum absolute atomic E-state index is 0.116. The molecule has 1 aliphatic carbocycles. The van der Waals surface area contributed by atoms with E-state index in [-0.39, 0.29) is 24.0 Å². The second-order valence-corrected chi connectivity index (χ2v) is 4.38. The number of aliphatic imine (C=N–C) groups is 1. The van der Waals surface area contributed by atoms with E-state index >= 15 is 0 Å². The van der Waals surface area contributed by atoms with E-state index in [0.29, 0.717) is 30.5 Å². The maximum Gasteiger partial charge on any atom is 0.585 e. The molecule has 2 heterocycles. The molecule has 6 nitrogen and oxygen atoms in total. The molecule has 1 fully saturated rings. The number of hydrogen-bond donors (Lipinski definition) is 2. The molecule has 0 aromatic carbocycles. The van der Waals surface area contributed by atoms with Gasteiger partial charge in [-0.1, -0.05) is 0 Å². The van der Waals surface area contributed by atoms with Gasteiger partial charge in [-0.05, 0) is 6.08 Å². The monoisotopic (exact) mass is 283 g/mol. The van der Waals surface area contributed by atoms with Crippen LogP contribution < -0.4 is 10.6 Å². The molecule has 0 atom stereocenters. The molecule has 8 heteroatoms. The van der Waals surface area contributed by atoms with E-state index in [9.17, 15) is 13.6 Å². The normalized spacial score (nSPS) is 26.0. The van der Waals surface area contributed by atoms with E-state index in [1.165, 1.54) is 12.2 Å². The van der Waals surface area contributed by atoms with Crippen molar-refractivity contribution in [2.75, 3.05) is 6.54 Å². The summed E-state index contributed by atoms with van der Waals surface area (Å²) in [6.45, 7) is 0.251. The minimum Gasteiger partial charge on any atom is -0.404 e. The van der Waals surface area contributed by atoms with Gasteiger partial charge in [0.2, 0.25) is 12.4 Å². The van der Waals surface area contributed by atoms with Crippen molar-refractivity contribution in [2.24, 2.45) is 4.99 Å². The fourth-order valence-electron chi connectivity index (χ4n) is 2.12.